The Hall–Kier alpha value is -6.46. The molecule has 3 aromatic carbocycles. The molecule has 7 aromatic rings. The number of hydrogen-bond donors (Lipinski definition) is 3. The van der Waals surface area contributed by atoms with Gasteiger partial charge in [-0.05, 0) is 162 Å². The molecule has 66 heavy (non-hydrogen) atoms. The maximum atomic E-state index is 5.99. The molecule has 0 aliphatic rings. The van der Waals surface area contributed by atoms with Crippen LogP contribution in [0.5, 0.6) is 17.2 Å². The van der Waals surface area contributed by atoms with Crippen LogP contribution in [0.2, 0.25) is 0 Å². The maximum Gasteiger partial charge on any atom is 0.125 e. The Morgan fingerprint density at radius 3 is 1.27 bits per heavy atom. The summed E-state index contributed by atoms with van der Waals surface area (Å²) < 4.78 is 17.7. The summed E-state index contributed by atoms with van der Waals surface area (Å²) in [6, 6.07) is 40.6. The molecule has 0 spiro atoms. The fourth-order valence-electron chi connectivity index (χ4n) is 7.22. The van der Waals surface area contributed by atoms with Gasteiger partial charge in [0.1, 0.15) is 17.2 Å². The van der Waals surface area contributed by atoms with Crippen LogP contribution in [-0.2, 0) is 13.1 Å². The van der Waals surface area contributed by atoms with E-state index in [0.29, 0.717) is 6.61 Å². The van der Waals surface area contributed by atoms with Gasteiger partial charge in [0, 0.05) is 44.1 Å². The summed E-state index contributed by atoms with van der Waals surface area (Å²) in [5.74, 6) is 3.05. The third-order valence-corrected chi connectivity index (χ3v) is 10.7. The van der Waals surface area contributed by atoms with Crippen LogP contribution in [-0.4, -0.2) is 59.4 Å². The second kappa shape index (κ2) is 29.2. The molecule has 0 fully saturated rings. The minimum absolute atomic E-state index is 0.0161. The Bertz CT molecular complexity index is 2190. The molecule has 0 amide bonds. The summed E-state index contributed by atoms with van der Waals surface area (Å²) in [4.78, 5) is 17.4. The van der Waals surface area contributed by atoms with Crippen LogP contribution < -0.4 is 30.2 Å². The van der Waals surface area contributed by atoms with Gasteiger partial charge in [-0.2, -0.15) is 0 Å². The summed E-state index contributed by atoms with van der Waals surface area (Å²) in [5, 5.41) is 10.3. The van der Waals surface area contributed by atoms with Crippen molar-refractivity contribution in [2.45, 2.75) is 79.9 Å². The first kappa shape index (κ1) is 50.5. The van der Waals surface area contributed by atoms with Crippen LogP contribution in [0.4, 0.5) is 0 Å². The van der Waals surface area contributed by atoms with Crippen molar-refractivity contribution in [3.63, 3.8) is 0 Å². The summed E-state index contributed by atoms with van der Waals surface area (Å²) in [5.41, 5.74) is 11.4. The highest BCUT2D eigenvalue weighted by atomic mass is 16.5. The van der Waals surface area contributed by atoms with Gasteiger partial charge < -0.3 is 30.2 Å². The highest BCUT2D eigenvalue weighted by Crippen LogP contribution is 2.24. The Balaban J connectivity index is 0.000000188. The number of ether oxygens (including phenoxy) is 3. The number of aromatic nitrogens is 4. The van der Waals surface area contributed by atoms with Crippen molar-refractivity contribution in [1.82, 2.24) is 35.9 Å². The van der Waals surface area contributed by atoms with Crippen molar-refractivity contribution in [2.24, 2.45) is 0 Å². The first-order valence-electron chi connectivity index (χ1n) is 23.1. The number of hydrogen-bond acceptors (Lipinski definition) is 10. The molecule has 0 saturated heterocycles. The molecule has 0 unspecified atom stereocenters. The standard InChI is InChI=1S/C22H25N3O.2C17H22N2O/c1-17-9-7-10-18(2)22(17)26-16-8-15-25-21(19-11-3-5-13-23-19)20-12-4-6-14-24-20;1-14-6-3-7-15(2)17(14)20-11-5-10-19-13-16-8-4-9-18-12-16;1-14-7-5-8-15(2)17(14)20-12-6-10-18-13-16-9-3-4-11-19-16/h3-7,9-14,21,25H,8,15-16H2,1-2H3;3-4,6-9,12,19H,5,10-11,13H2,1-2H3;3-5,7-9,11,18H,6,10,12-13H2,1-2H3. The van der Waals surface area contributed by atoms with Crippen LogP contribution >= 0.6 is 0 Å². The molecule has 0 radical (unpaired) electrons. The van der Waals surface area contributed by atoms with Crippen molar-refractivity contribution in [1.29, 1.82) is 0 Å². The zero-order valence-corrected chi connectivity index (χ0v) is 39.8. The monoisotopic (exact) mass is 888 g/mol. The third-order valence-electron chi connectivity index (χ3n) is 10.7. The molecule has 7 rings (SSSR count). The van der Waals surface area contributed by atoms with Crippen LogP contribution in [0.25, 0.3) is 0 Å². The number of nitrogens with zero attached hydrogens (tertiary/aromatic N) is 4. The van der Waals surface area contributed by atoms with E-state index in [-0.39, 0.29) is 6.04 Å². The molecule has 0 aliphatic carbocycles. The molecule has 10 heteroatoms. The number of para-hydroxylation sites is 3. The molecule has 0 aliphatic heterocycles. The minimum atomic E-state index is -0.0161. The molecule has 10 nitrogen and oxygen atoms in total. The molecular formula is C56H69N7O3. The Kier molecular flexibility index (Phi) is 22.3. The predicted octanol–water partition coefficient (Wildman–Crippen LogP) is 10.8. The Morgan fingerprint density at radius 1 is 0.424 bits per heavy atom. The lowest BCUT2D eigenvalue weighted by atomic mass is 10.1. The van der Waals surface area contributed by atoms with Gasteiger partial charge in [-0.3, -0.25) is 19.9 Å². The lowest BCUT2D eigenvalue weighted by Gasteiger charge is -2.18. The van der Waals surface area contributed by atoms with Crippen LogP contribution in [0.3, 0.4) is 0 Å². The predicted molar refractivity (Wildman–Crippen MR) is 268 cm³/mol. The average Bonchev–Trinajstić information content (AvgIpc) is 3.34. The van der Waals surface area contributed by atoms with Crippen molar-refractivity contribution in [2.75, 3.05) is 39.5 Å². The number of benzene rings is 3. The Morgan fingerprint density at radius 2 is 0.864 bits per heavy atom. The molecule has 4 aromatic heterocycles. The first-order chi connectivity index (χ1) is 32.3. The number of rotatable bonds is 22. The smallest absolute Gasteiger partial charge is 0.125 e. The Labute approximate surface area is 393 Å². The number of pyridine rings is 4. The van der Waals surface area contributed by atoms with Crippen LogP contribution in [0.15, 0.2) is 152 Å². The van der Waals surface area contributed by atoms with Crippen LogP contribution in [0, 0.1) is 41.5 Å². The van der Waals surface area contributed by atoms with Gasteiger partial charge in [-0.15, -0.1) is 0 Å². The first-order valence-corrected chi connectivity index (χ1v) is 23.1. The van der Waals surface area contributed by atoms with Crippen molar-refractivity contribution >= 4 is 0 Å². The SMILES string of the molecule is Cc1cccc(C)c1OCCCNC(c1ccccn1)c1ccccn1.Cc1cccc(C)c1OCCCNCc1ccccn1.Cc1cccc(C)c1OCCCNCc1cccnc1. The van der Waals surface area contributed by atoms with E-state index in [1.54, 1.807) is 6.20 Å². The van der Waals surface area contributed by atoms with Gasteiger partial charge in [-0.25, -0.2) is 0 Å². The molecule has 4 heterocycles. The quantitative estimate of drug-likeness (QED) is 0.0568. The normalized spacial score (nSPS) is 10.7. The van der Waals surface area contributed by atoms with E-state index in [9.17, 15) is 0 Å². The van der Waals surface area contributed by atoms with E-state index in [4.69, 9.17) is 14.2 Å². The van der Waals surface area contributed by atoms with Crippen molar-refractivity contribution < 1.29 is 14.2 Å². The van der Waals surface area contributed by atoms with Crippen molar-refractivity contribution in [3.05, 3.63) is 208 Å². The number of aryl methyl sites for hydroxylation is 6. The largest absolute Gasteiger partial charge is 0.493 e. The average molecular weight is 888 g/mol. The maximum absolute atomic E-state index is 5.99. The van der Waals surface area contributed by atoms with E-state index in [0.717, 1.165) is 99.5 Å². The number of nitrogens with one attached hydrogen (secondary N) is 3. The molecule has 346 valence electrons. The van der Waals surface area contributed by atoms with E-state index in [1.165, 1.54) is 38.9 Å². The highest BCUT2D eigenvalue weighted by Gasteiger charge is 2.15. The molecule has 0 atom stereocenters. The van der Waals surface area contributed by atoms with E-state index in [1.807, 2.05) is 85.5 Å². The van der Waals surface area contributed by atoms with E-state index in [2.05, 4.69) is 138 Å². The third kappa shape index (κ3) is 17.8. The molecule has 0 bridgehead atoms. The summed E-state index contributed by atoms with van der Waals surface area (Å²) in [6.07, 6.45) is 12.0. The zero-order chi connectivity index (χ0) is 46.6. The molecule has 0 saturated carbocycles. The van der Waals surface area contributed by atoms with Gasteiger partial charge in [-0.1, -0.05) is 78.9 Å². The molecule has 3 N–H and O–H groups in total. The van der Waals surface area contributed by atoms with Crippen molar-refractivity contribution in [3.8, 4) is 17.2 Å². The van der Waals surface area contributed by atoms with E-state index < -0.39 is 0 Å². The minimum Gasteiger partial charge on any atom is -0.493 e. The topological polar surface area (TPSA) is 115 Å². The van der Waals surface area contributed by atoms with Gasteiger partial charge in [0.2, 0.25) is 0 Å². The van der Waals surface area contributed by atoms with E-state index >= 15 is 0 Å². The fraction of sp³-hybridized carbons (Fsp3) is 0.321. The zero-order valence-electron chi connectivity index (χ0n) is 39.8. The lowest BCUT2D eigenvalue weighted by molar-refractivity contribution is 0.302. The summed E-state index contributed by atoms with van der Waals surface area (Å²) >= 11 is 0. The van der Waals surface area contributed by atoms with Gasteiger partial charge in [0.25, 0.3) is 0 Å². The second-order valence-electron chi connectivity index (χ2n) is 16.2. The van der Waals surface area contributed by atoms with Gasteiger partial charge in [0.05, 0.1) is 42.9 Å². The van der Waals surface area contributed by atoms with Gasteiger partial charge in [0.15, 0.2) is 0 Å². The highest BCUT2D eigenvalue weighted by molar-refractivity contribution is 5.41. The summed E-state index contributed by atoms with van der Waals surface area (Å²) in [7, 11) is 0. The van der Waals surface area contributed by atoms with Crippen LogP contribution in [0.1, 0.15) is 81.3 Å². The fourth-order valence-corrected chi connectivity index (χ4v) is 7.22. The molecular weight excluding hydrogens is 819 g/mol. The van der Waals surface area contributed by atoms with Gasteiger partial charge >= 0.3 is 0 Å². The lowest BCUT2D eigenvalue weighted by Crippen LogP contribution is -2.26. The summed E-state index contributed by atoms with van der Waals surface area (Å²) in [6.45, 7) is 19.0. The second-order valence-corrected chi connectivity index (χ2v) is 16.2.